The zero-order chi connectivity index (χ0) is 11.7. The van der Waals surface area contributed by atoms with Gasteiger partial charge in [-0.15, -0.1) is 0 Å². The molecular weight excluding hydrogens is 208 g/mol. The van der Waals surface area contributed by atoms with E-state index in [-0.39, 0.29) is 17.6 Å². The Labute approximate surface area is 94.9 Å². The molecule has 0 saturated heterocycles. The fraction of sp³-hybridized carbons (Fsp3) is 0.538. The number of nitrogens with one attached hydrogen (secondary N) is 1. The molecule has 3 heteroatoms. The molecule has 0 aliphatic heterocycles. The van der Waals surface area contributed by atoms with Crippen LogP contribution in [0, 0.1) is 17.6 Å². The number of benzene rings is 1. The van der Waals surface area contributed by atoms with Crippen molar-refractivity contribution in [2.45, 2.75) is 32.2 Å². The molecule has 0 heterocycles. The largest absolute Gasteiger partial charge is 0.314 e. The zero-order valence-electron chi connectivity index (χ0n) is 9.63. The second kappa shape index (κ2) is 4.50. The maximum Gasteiger partial charge on any atom is 0.126 e. The highest BCUT2D eigenvalue weighted by Gasteiger charge is 2.39. The van der Waals surface area contributed by atoms with Crippen molar-refractivity contribution in [1.82, 2.24) is 5.32 Å². The highest BCUT2D eigenvalue weighted by atomic mass is 19.1. The van der Waals surface area contributed by atoms with E-state index in [9.17, 15) is 8.78 Å². The first-order valence-corrected chi connectivity index (χ1v) is 5.81. The highest BCUT2D eigenvalue weighted by molar-refractivity contribution is 5.27. The molecule has 1 aromatic carbocycles. The molecule has 1 nitrogen and oxygen atoms in total. The molecule has 0 radical (unpaired) electrons. The second-order valence-electron chi connectivity index (χ2n) is 4.53. The highest BCUT2D eigenvalue weighted by Crippen LogP contribution is 2.43. The maximum atomic E-state index is 13.5. The number of hydrogen-bond acceptors (Lipinski definition) is 1. The summed E-state index contributed by atoms with van der Waals surface area (Å²) in [6.45, 7) is 5.07. The van der Waals surface area contributed by atoms with Gasteiger partial charge in [0.2, 0.25) is 0 Å². The van der Waals surface area contributed by atoms with Crippen LogP contribution in [0.3, 0.4) is 0 Å². The van der Waals surface area contributed by atoms with Crippen molar-refractivity contribution < 1.29 is 8.78 Å². The lowest BCUT2D eigenvalue weighted by atomic mass is 9.67. The minimum Gasteiger partial charge on any atom is -0.314 e. The van der Waals surface area contributed by atoms with Crippen molar-refractivity contribution >= 4 is 0 Å². The molecule has 3 atom stereocenters. The van der Waals surface area contributed by atoms with Gasteiger partial charge in [0, 0.05) is 6.04 Å². The summed E-state index contributed by atoms with van der Waals surface area (Å²) in [5.41, 5.74) is 0.529. The molecule has 1 aliphatic carbocycles. The minimum atomic E-state index is -0.351. The summed E-state index contributed by atoms with van der Waals surface area (Å²) in [5.74, 6) is -0.111. The van der Waals surface area contributed by atoms with E-state index in [1.54, 1.807) is 0 Å². The van der Waals surface area contributed by atoms with E-state index < -0.39 is 0 Å². The first-order valence-electron chi connectivity index (χ1n) is 5.81. The predicted octanol–water partition coefficient (Wildman–Crippen LogP) is 3.07. The SMILES string of the molecule is CCNC1CC(c2cc(F)ccc2F)C1C. The Morgan fingerprint density at radius 2 is 2.12 bits per heavy atom. The van der Waals surface area contributed by atoms with Crippen molar-refractivity contribution in [1.29, 1.82) is 0 Å². The van der Waals surface area contributed by atoms with Crippen LogP contribution in [0.2, 0.25) is 0 Å². The van der Waals surface area contributed by atoms with Gasteiger partial charge < -0.3 is 5.32 Å². The van der Waals surface area contributed by atoms with E-state index in [0.29, 0.717) is 17.5 Å². The van der Waals surface area contributed by atoms with Gasteiger partial charge >= 0.3 is 0 Å². The van der Waals surface area contributed by atoms with E-state index in [0.717, 1.165) is 13.0 Å². The Kier molecular flexibility index (Phi) is 3.24. The van der Waals surface area contributed by atoms with Gasteiger partial charge in [-0.05, 0) is 48.6 Å². The third-order valence-corrected chi connectivity index (χ3v) is 3.60. The first-order chi connectivity index (χ1) is 7.63. The van der Waals surface area contributed by atoms with Crippen LogP contribution in [-0.2, 0) is 0 Å². The fourth-order valence-electron chi connectivity index (χ4n) is 2.53. The summed E-state index contributed by atoms with van der Waals surface area (Å²) >= 11 is 0. The van der Waals surface area contributed by atoms with Crippen LogP contribution in [0.1, 0.15) is 31.7 Å². The quantitative estimate of drug-likeness (QED) is 0.833. The second-order valence-corrected chi connectivity index (χ2v) is 4.53. The van der Waals surface area contributed by atoms with Crippen molar-refractivity contribution in [2.24, 2.45) is 5.92 Å². The third-order valence-electron chi connectivity index (χ3n) is 3.60. The fourth-order valence-corrected chi connectivity index (χ4v) is 2.53. The Hall–Kier alpha value is -0.960. The lowest BCUT2D eigenvalue weighted by Gasteiger charge is -2.43. The lowest BCUT2D eigenvalue weighted by molar-refractivity contribution is 0.183. The predicted molar refractivity (Wildman–Crippen MR) is 60.3 cm³/mol. The van der Waals surface area contributed by atoms with Crippen molar-refractivity contribution in [2.75, 3.05) is 6.54 Å². The van der Waals surface area contributed by atoms with Crippen LogP contribution in [0.25, 0.3) is 0 Å². The monoisotopic (exact) mass is 225 g/mol. The molecule has 0 amide bonds. The molecule has 0 spiro atoms. The molecule has 3 unspecified atom stereocenters. The zero-order valence-corrected chi connectivity index (χ0v) is 9.63. The molecule has 1 fully saturated rings. The summed E-state index contributed by atoms with van der Waals surface area (Å²) in [6.07, 6.45) is 0.898. The van der Waals surface area contributed by atoms with Crippen molar-refractivity contribution in [3.8, 4) is 0 Å². The molecule has 0 bridgehead atoms. The van der Waals surface area contributed by atoms with Gasteiger partial charge in [0.1, 0.15) is 11.6 Å². The Morgan fingerprint density at radius 1 is 1.38 bits per heavy atom. The van der Waals surface area contributed by atoms with E-state index in [1.165, 1.54) is 18.2 Å². The summed E-state index contributed by atoms with van der Waals surface area (Å²) in [6, 6.07) is 4.17. The average Bonchev–Trinajstić information content (AvgIpc) is 2.27. The van der Waals surface area contributed by atoms with Crippen molar-refractivity contribution in [3.05, 3.63) is 35.4 Å². The Morgan fingerprint density at radius 3 is 2.75 bits per heavy atom. The maximum absolute atomic E-state index is 13.5. The Bertz CT molecular complexity index is 378. The first kappa shape index (κ1) is 11.5. The smallest absolute Gasteiger partial charge is 0.126 e. The average molecular weight is 225 g/mol. The van der Waals surface area contributed by atoms with Crippen LogP contribution in [0.5, 0.6) is 0 Å². The van der Waals surface area contributed by atoms with E-state index in [1.807, 2.05) is 0 Å². The Balaban J connectivity index is 2.12. The summed E-state index contributed by atoms with van der Waals surface area (Å²) in [4.78, 5) is 0. The van der Waals surface area contributed by atoms with Crippen LogP contribution >= 0.6 is 0 Å². The van der Waals surface area contributed by atoms with Crippen LogP contribution in [0.15, 0.2) is 18.2 Å². The van der Waals surface area contributed by atoms with Gasteiger partial charge in [0.25, 0.3) is 0 Å². The molecular formula is C13H17F2N. The van der Waals surface area contributed by atoms with Crippen LogP contribution in [0.4, 0.5) is 8.78 Å². The molecule has 88 valence electrons. The lowest BCUT2D eigenvalue weighted by Crippen LogP contribution is -2.47. The summed E-state index contributed by atoms with van der Waals surface area (Å²) in [5, 5.41) is 3.35. The van der Waals surface area contributed by atoms with Gasteiger partial charge in [-0.1, -0.05) is 13.8 Å². The molecule has 1 saturated carbocycles. The van der Waals surface area contributed by atoms with E-state index >= 15 is 0 Å². The summed E-state index contributed by atoms with van der Waals surface area (Å²) < 4.78 is 26.6. The van der Waals surface area contributed by atoms with Crippen molar-refractivity contribution in [3.63, 3.8) is 0 Å². The van der Waals surface area contributed by atoms with Gasteiger partial charge in [0.05, 0.1) is 0 Å². The van der Waals surface area contributed by atoms with Gasteiger partial charge in [0.15, 0.2) is 0 Å². The van der Waals surface area contributed by atoms with Crippen LogP contribution < -0.4 is 5.32 Å². The van der Waals surface area contributed by atoms with E-state index in [4.69, 9.17) is 0 Å². The summed E-state index contributed by atoms with van der Waals surface area (Å²) in [7, 11) is 0. The number of rotatable bonds is 3. The minimum absolute atomic E-state index is 0.153. The number of halogens is 2. The van der Waals surface area contributed by atoms with Crippen LogP contribution in [-0.4, -0.2) is 12.6 Å². The third kappa shape index (κ3) is 1.96. The van der Waals surface area contributed by atoms with Gasteiger partial charge in [-0.3, -0.25) is 0 Å². The normalized spacial score (nSPS) is 28.9. The molecule has 1 aliphatic rings. The van der Waals surface area contributed by atoms with Gasteiger partial charge in [-0.2, -0.15) is 0 Å². The van der Waals surface area contributed by atoms with E-state index in [2.05, 4.69) is 19.2 Å². The molecule has 16 heavy (non-hydrogen) atoms. The van der Waals surface area contributed by atoms with Gasteiger partial charge in [-0.25, -0.2) is 8.78 Å². The number of hydrogen-bond donors (Lipinski definition) is 1. The molecule has 2 rings (SSSR count). The standard InChI is InChI=1S/C13H17F2N/c1-3-16-13-7-10(8(13)2)11-6-9(14)4-5-12(11)15/h4-6,8,10,13,16H,3,7H2,1-2H3. The topological polar surface area (TPSA) is 12.0 Å². The molecule has 1 N–H and O–H groups in total. The molecule has 0 aromatic heterocycles. The molecule has 1 aromatic rings.